The molecule has 0 bridgehead atoms. The highest BCUT2D eigenvalue weighted by molar-refractivity contribution is 6.47. The summed E-state index contributed by atoms with van der Waals surface area (Å²) in [5.41, 5.74) is -0.0399. The minimum atomic E-state index is -0.481. The van der Waals surface area contributed by atoms with E-state index in [1.807, 2.05) is 0 Å². The Morgan fingerprint density at radius 3 is 2.46 bits per heavy atom. The molecule has 0 heterocycles. The van der Waals surface area contributed by atoms with E-state index in [9.17, 15) is 14.4 Å². The molecule has 1 aliphatic rings. The van der Waals surface area contributed by atoms with Gasteiger partial charge in [0.25, 0.3) is 0 Å². The molecule has 1 rings (SSSR count). The van der Waals surface area contributed by atoms with E-state index in [-0.39, 0.29) is 10.7 Å². The average molecular weight is 200 g/mol. The van der Waals surface area contributed by atoms with Gasteiger partial charge in [-0.2, -0.15) is 0 Å². The Bertz CT molecular complexity index is 354. The van der Waals surface area contributed by atoms with Crippen molar-refractivity contribution >= 4 is 29.1 Å². The first kappa shape index (κ1) is 9.67. The van der Waals surface area contributed by atoms with Gasteiger partial charge in [-0.15, -0.1) is 0 Å². The van der Waals surface area contributed by atoms with Crippen LogP contribution in [0.2, 0.25) is 0 Å². The molecule has 5 heteroatoms. The predicted molar refractivity (Wildman–Crippen MR) is 45.8 cm³/mol. The molecule has 0 aromatic heterocycles. The maximum atomic E-state index is 11.1. The number of nitrogens with one attached hydrogen (secondary N) is 1. The molecule has 0 saturated heterocycles. The lowest BCUT2D eigenvalue weighted by Gasteiger charge is -2.07. The van der Waals surface area contributed by atoms with Crippen LogP contribution in [0.3, 0.4) is 0 Å². The third-order valence-corrected chi connectivity index (χ3v) is 1.64. The zero-order chi connectivity index (χ0) is 10.0. The van der Waals surface area contributed by atoms with Gasteiger partial charge in [0.2, 0.25) is 11.7 Å². The molecule has 0 fully saturated rings. The van der Waals surface area contributed by atoms with E-state index < -0.39 is 17.5 Å². The molecule has 0 aliphatic heterocycles. The smallest absolute Gasteiger partial charge is 0.221 e. The second-order valence-corrected chi connectivity index (χ2v) is 2.87. The van der Waals surface area contributed by atoms with Crippen molar-refractivity contribution in [3.8, 4) is 0 Å². The molecule has 0 spiro atoms. The van der Waals surface area contributed by atoms with Crippen LogP contribution < -0.4 is 5.32 Å². The monoisotopic (exact) mass is 199 g/mol. The highest BCUT2D eigenvalue weighted by Crippen LogP contribution is 2.12. The number of hydrogen-bond acceptors (Lipinski definition) is 3. The van der Waals surface area contributed by atoms with E-state index >= 15 is 0 Å². The molecule has 1 N–H and O–H groups in total. The van der Waals surface area contributed by atoms with E-state index in [0.717, 1.165) is 12.2 Å². The Morgan fingerprint density at radius 1 is 1.31 bits per heavy atom. The van der Waals surface area contributed by atoms with E-state index in [2.05, 4.69) is 5.32 Å². The fraction of sp³-hybridized carbons (Fsp3) is 0.125. The lowest BCUT2D eigenvalue weighted by atomic mass is 10.1. The van der Waals surface area contributed by atoms with Crippen LogP contribution in [0.1, 0.15) is 6.92 Å². The fourth-order valence-electron chi connectivity index (χ4n) is 0.822. The number of halogens is 1. The number of amides is 1. The van der Waals surface area contributed by atoms with Crippen LogP contribution in [-0.4, -0.2) is 17.5 Å². The highest BCUT2D eigenvalue weighted by atomic mass is 35.5. The van der Waals surface area contributed by atoms with E-state index in [1.165, 1.54) is 6.92 Å². The van der Waals surface area contributed by atoms with E-state index in [0.29, 0.717) is 0 Å². The summed E-state index contributed by atoms with van der Waals surface area (Å²) < 4.78 is 0. The second-order valence-electron chi connectivity index (χ2n) is 2.46. The maximum absolute atomic E-state index is 11.1. The summed E-state index contributed by atoms with van der Waals surface area (Å²) in [6, 6.07) is 0. The van der Waals surface area contributed by atoms with Crippen LogP contribution >= 0.6 is 11.6 Å². The Morgan fingerprint density at radius 2 is 1.92 bits per heavy atom. The summed E-state index contributed by atoms with van der Waals surface area (Å²) in [5, 5.41) is 2.09. The Balaban J connectivity index is 2.89. The summed E-state index contributed by atoms with van der Waals surface area (Å²) in [6.07, 6.45) is 1.99. The summed E-state index contributed by atoms with van der Waals surface area (Å²) in [4.78, 5) is 32.6. The van der Waals surface area contributed by atoms with Crippen LogP contribution in [0.5, 0.6) is 0 Å². The van der Waals surface area contributed by atoms with Gasteiger partial charge in [-0.1, -0.05) is 11.6 Å². The minimum Gasteiger partial charge on any atom is -0.323 e. The standard InChI is InChI=1S/C8H6ClNO3/c1-4(11)10-6-3-7(12)5(9)2-8(6)13/h2-3H,1H3,(H,10,11). The molecule has 1 aliphatic carbocycles. The van der Waals surface area contributed by atoms with Crippen molar-refractivity contribution in [1.82, 2.24) is 5.32 Å². The number of hydrogen-bond donors (Lipinski definition) is 1. The number of carbonyl (C=O) groups excluding carboxylic acids is 3. The van der Waals surface area contributed by atoms with Crippen LogP contribution in [0.15, 0.2) is 22.9 Å². The van der Waals surface area contributed by atoms with Crippen molar-refractivity contribution in [2.45, 2.75) is 6.92 Å². The van der Waals surface area contributed by atoms with Gasteiger partial charge >= 0.3 is 0 Å². The molecule has 0 aromatic rings. The van der Waals surface area contributed by atoms with Gasteiger partial charge in [-0.05, 0) is 0 Å². The van der Waals surface area contributed by atoms with Gasteiger partial charge in [-0.3, -0.25) is 14.4 Å². The Labute approximate surface area is 79.2 Å². The summed E-state index contributed by atoms with van der Waals surface area (Å²) >= 11 is 5.40. The van der Waals surface area contributed by atoms with Gasteiger partial charge in [0, 0.05) is 19.1 Å². The van der Waals surface area contributed by atoms with Crippen LogP contribution in [0, 0.1) is 0 Å². The Hall–Kier alpha value is -1.42. The summed E-state index contributed by atoms with van der Waals surface area (Å²) in [5.74, 6) is -1.36. The number of carbonyl (C=O) groups is 3. The lowest BCUT2D eigenvalue weighted by Crippen LogP contribution is -2.27. The quantitative estimate of drug-likeness (QED) is 0.617. The SMILES string of the molecule is CC(=O)NC1=CC(=O)C(Cl)=CC1=O. The van der Waals surface area contributed by atoms with Gasteiger partial charge < -0.3 is 5.32 Å². The van der Waals surface area contributed by atoms with Crippen molar-refractivity contribution in [3.63, 3.8) is 0 Å². The molecule has 0 saturated carbocycles. The van der Waals surface area contributed by atoms with Crippen molar-refractivity contribution in [1.29, 1.82) is 0 Å². The zero-order valence-corrected chi connectivity index (χ0v) is 7.51. The molecular weight excluding hydrogens is 194 g/mol. The number of rotatable bonds is 1. The van der Waals surface area contributed by atoms with Crippen molar-refractivity contribution < 1.29 is 14.4 Å². The molecule has 68 valence electrons. The minimum absolute atomic E-state index is 0.0399. The first-order valence-corrected chi connectivity index (χ1v) is 3.83. The molecule has 0 aromatic carbocycles. The molecule has 1 amide bonds. The largest absolute Gasteiger partial charge is 0.323 e. The molecule has 4 nitrogen and oxygen atoms in total. The van der Waals surface area contributed by atoms with E-state index in [1.54, 1.807) is 0 Å². The maximum Gasteiger partial charge on any atom is 0.221 e. The molecule has 13 heavy (non-hydrogen) atoms. The number of allylic oxidation sites excluding steroid dienone is 3. The third-order valence-electron chi connectivity index (χ3n) is 1.34. The molecule has 0 atom stereocenters. The topological polar surface area (TPSA) is 63.2 Å². The first-order chi connectivity index (χ1) is 6.00. The normalized spacial score (nSPS) is 16.5. The fourth-order valence-corrected chi connectivity index (χ4v) is 0.976. The van der Waals surface area contributed by atoms with Gasteiger partial charge in [0.05, 0.1) is 10.7 Å². The first-order valence-electron chi connectivity index (χ1n) is 3.46. The molecule has 0 unspecified atom stereocenters. The van der Waals surface area contributed by atoms with Gasteiger partial charge in [-0.25, -0.2) is 0 Å². The summed E-state index contributed by atoms with van der Waals surface area (Å²) in [6.45, 7) is 1.25. The van der Waals surface area contributed by atoms with Gasteiger partial charge in [0.15, 0.2) is 5.78 Å². The Kier molecular flexibility index (Phi) is 2.63. The highest BCUT2D eigenvalue weighted by Gasteiger charge is 2.19. The van der Waals surface area contributed by atoms with Crippen LogP contribution in [0.4, 0.5) is 0 Å². The summed E-state index contributed by atoms with van der Waals surface area (Å²) in [7, 11) is 0. The average Bonchev–Trinajstić information content (AvgIpc) is 1.99. The van der Waals surface area contributed by atoms with Crippen LogP contribution in [0.25, 0.3) is 0 Å². The number of ketones is 2. The zero-order valence-electron chi connectivity index (χ0n) is 6.76. The molecular formula is C8H6ClNO3. The predicted octanol–water partition coefficient (Wildman–Crippen LogP) is 0.281. The van der Waals surface area contributed by atoms with E-state index in [4.69, 9.17) is 11.6 Å². The second kappa shape index (κ2) is 3.53. The van der Waals surface area contributed by atoms with Crippen molar-refractivity contribution in [2.24, 2.45) is 0 Å². The third kappa shape index (κ3) is 2.26. The molecule has 0 radical (unpaired) electrons. The lowest BCUT2D eigenvalue weighted by molar-refractivity contribution is -0.120. The van der Waals surface area contributed by atoms with Gasteiger partial charge in [0.1, 0.15) is 0 Å². The van der Waals surface area contributed by atoms with Crippen LogP contribution in [-0.2, 0) is 14.4 Å². The van der Waals surface area contributed by atoms with Crippen molar-refractivity contribution in [3.05, 3.63) is 22.9 Å². The van der Waals surface area contributed by atoms with Crippen molar-refractivity contribution in [2.75, 3.05) is 0 Å².